The van der Waals surface area contributed by atoms with Gasteiger partial charge in [-0.2, -0.15) is 0 Å². The molecule has 1 aliphatic rings. The Balaban J connectivity index is 1.64. The molecule has 1 unspecified atom stereocenters. The van der Waals surface area contributed by atoms with Crippen molar-refractivity contribution < 1.29 is 4.74 Å². The third-order valence-corrected chi connectivity index (χ3v) is 4.56. The van der Waals surface area contributed by atoms with Crippen LogP contribution in [0.3, 0.4) is 0 Å². The molecule has 2 heteroatoms. The second-order valence-electron chi connectivity index (χ2n) is 6.17. The third-order valence-electron chi connectivity index (χ3n) is 4.56. The van der Waals surface area contributed by atoms with E-state index < -0.39 is 0 Å². The summed E-state index contributed by atoms with van der Waals surface area (Å²) in [7, 11) is 2.03. The highest BCUT2D eigenvalue weighted by Crippen LogP contribution is 2.43. The van der Waals surface area contributed by atoms with Crippen LogP contribution in [-0.4, -0.2) is 12.8 Å². The summed E-state index contributed by atoms with van der Waals surface area (Å²) in [5.74, 6) is 1.59. The molecule has 1 N–H and O–H groups in total. The van der Waals surface area contributed by atoms with Crippen LogP contribution in [0.4, 0.5) is 0 Å². The van der Waals surface area contributed by atoms with Gasteiger partial charge in [0, 0.05) is 12.3 Å². The van der Waals surface area contributed by atoms with Crippen LogP contribution in [0.5, 0.6) is 5.75 Å². The maximum Gasteiger partial charge on any atom is 0.163 e. The van der Waals surface area contributed by atoms with Gasteiger partial charge in [0.25, 0.3) is 0 Å². The zero-order valence-electron chi connectivity index (χ0n) is 13.3. The van der Waals surface area contributed by atoms with Gasteiger partial charge in [-0.05, 0) is 50.4 Å². The smallest absolute Gasteiger partial charge is 0.163 e. The lowest BCUT2D eigenvalue weighted by molar-refractivity contribution is 0.00754. The van der Waals surface area contributed by atoms with Gasteiger partial charge in [0.15, 0.2) is 5.72 Å². The SMILES string of the molecule is CNC(CCCc1ccccc1)(Oc1ccccc1)C1CC1. The average Bonchev–Trinajstić information content (AvgIpc) is 3.41. The van der Waals surface area contributed by atoms with Gasteiger partial charge >= 0.3 is 0 Å². The van der Waals surface area contributed by atoms with Gasteiger partial charge in [-0.1, -0.05) is 48.5 Å². The lowest BCUT2D eigenvalue weighted by Crippen LogP contribution is -2.50. The normalized spacial score (nSPS) is 17.0. The van der Waals surface area contributed by atoms with Crippen molar-refractivity contribution in [3.8, 4) is 5.75 Å². The summed E-state index contributed by atoms with van der Waals surface area (Å²) in [4.78, 5) is 0. The summed E-state index contributed by atoms with van der Waals surface area (Å²) >= 11 is 0. The molecule has 3 rings (SSSR count). The van der Waals surface area contributed by atoms with E-state index in [1.807, 2.05) is 37.4 Å². The van der Waals surface area contributed by atoms with Crippen molar-refractivity contribution in [2.75, 3.05) is 7.05 Å². The minimum Gasteiger partial charge on any atom is -0.473 e. The Morgan fingerprint density at radius 1 is 1.00 bits per heavy atom. The first kappa shape index (κ1) is 15.1. The van der Waals surface area contributed by atoms with Crippen molar-refractivity contribution >= 4 is 0 Å². The van der Waals surface area contributed by atoms with Crippen molar-refractivity contribution in [3.63, 3.8) is 0 Å². The maximum atomic E-state index is 6.40. The molecule has 0 aliphatic heterocycles. The first-order valence-electron chi connectivity index (χ1n) is 8.29. The van der Waals surface area contributed by atoms with Gasteiger partial charge in [0.1, 0.15) is 5.75 Å². The van der Waals surface area contributed by atoms with Crippen molar-refractivity contribution in [1.82, 2.24) is 5.32 Å². The highest BCUT2D eigenvalue weighted by molar-refractivity contribution is 5.22. The van der Waals surface area contributed by atoms with Crippen LogP contribution in [0.15, 0.2) is 60.7 Å². The minimum atomic E-state index is -0.212. The lowest BCUT2D eigenvalue weighted by atomic mass is 9.98. The number of hydrogen-bond acceptors (Lipinski definition) is 2. The number of aryl methyl sites for hydroxylation is 1. The van der Waals surface area contributed by atoms with E-state index in [1.165, 1.54) is 18.4 Å². The molecule has 0 amide bonds. The average molecular weight is 295 g/mol. The fraction of sp³-hybridized carbons (Fsp3) is 0.400. The van der Waals surface area contributed by atoms with Crippen LogP contribution in [0, 0.1) is 5.92 Å². The van der Waals surface area contributed by atoms with Crippen LogP contribution in [-0.2, 0) is 6.42 Å². The first-order valence-corrected chi connectivity index (χ1v) is 8.29. The molecule has 116 valence electrons. The third kappa shape index (κ3) is 3.69. The minimum absolute atomic E-state index is 0.212. The number of hydrogen-bond donors (Lipinski definition) is 1. The molecular weight excluding hydrogens is 270 g/mol. The number of ether oxygens (including phenoxy) is 1. The fourth-order valence-electron chi connectivity index (χ4n) is 3.17. The molecule has 1 saturated carbocycles. The molecular formula is C20H25NO. The second kappa shape index (κ2) is 6.97. The summed E-state index contributed by atoms with van der Waals surface area (Å²) in [5.41, 5.74) is 1.19. The second-order valence-corrected chi connectivity index (χ2v) is 6.17. The number of benzene rings is 2. The highest BCUT2D eigenvalue weighted by Gasteiger charge is 2.46. The lowest BCUT2D eigenvalue weighted by Gasteiger charge is -2.35. The molecule has 1 fully saturated rings. The van der Waals surface area contributed by atoms with Crippen LogP contribution < -0.4 is 10.1 Å². The van der Waals surface area contributed by atoms with Crippen LogP contribution in [0.1, 0.15) is 31.2 Å². The van der Waals surface area contributed by atoms with Crippen LogP contribution in [0.2, 0.25) is 0 Å². The molecule has 2 aromatic carbocycles. The summed E-state index contributed by atoms with van der Waals surface area (Å²) in [6.07, 6.45) is 5.80. The Bertz CT molecular complexity index is 565. The Kier molecular flexibility index (Phi) is 4.79. The molecule has 0 saturated heterocycles. The van der Waals surface area contributed by atoms with Gasteiger partial charge in [-0.15, -0.1) is 0 Å². The summed E-state index contributed by atoms with van der Waals surface area (Å²) in [6, 6.07) is 20.9. The van der Waals surface area contributed by atoms with E-state index in [-0.39, 0.29) is 5.72 Å². The molecule has 22 heavy (non-hydrogen) atoms. The first-order chi connectivity index (χ1) is 10.8. The van der Waals surface area contributed by atoms with Gasteiger partial charge in [0.2, 0.25) is 0 Å². The zero-order chi connectivity index (χ0) is 15.3. The molecule has 2 nitrogen and oxygen atoms in total. The fourth-order valence-corrected chi connectivity index (χ4v) is 3.17. The molecule has 0 spiro atoms. The molecule has 2 aromatic rings. The van der Waals surface area contributed by atoms with E-state index in [0.717, 1.165) is 25.0 Å². The molecule has 1 aliphatic carbocycles. The van der Waals surface area contributed by atoms with E-state index in [1.54, 1.807) is 0 Å². The molecule has 0 bridgehead atoms. The monoisotopic (exact) mass is 295 g/mol. The van der Waals surface area contributed by atoms with Crippen molar-refractivity contribution in [1.29, 1.82) is 0 Å². The number of rotatable bonds is 8. The summed E-state index contributed by atoms with van der Waals surface area (Å²) in [5, 5.41) is 3.49. The number of para-hydroxylation sites is 1. The Morgan fingerprint density at radius 3 is 2.23 bits per heavy atom. The zero-order valence-corrected chi connectivity index (χ0v) is 13.3. The van der Waals surface area contributed by atoms with E-state index in [4.69, 9.17) is 4.74 Å². The molecule has 0 heterocycles. The van der Waals surface area contributed by atoms with Gasteiger partial charge < -0.3 is 4.74 Å². The van der Waals surface area contributed by atoms with Crippen LogP contribution in [0.25, 0.3) is 0 Å². The van der Waals surface area contributed by atoms with E-state index in [9.17, 15) is 0 Å². The topological polar surface area (TPSA) is 21.3 Å². The van der Waals surface area contributed by atoms with Gasteiger partial charge in [0.05, 0.1) is 0 Å². The van der Waals surface area contributed by atoms with E-state index in [0.29, 0.717) is 5.92 Å². The molecule has 0 radical (unpaired) electrons. The predicted molar refractivity (Wildman–Crippen MR) is 91.0 cm³/mol. The molecule has 1 atom stereocenters. The van der Waals surface area contributed by atoms with Gasteiger partial charge in [-0.25, -0.2) is 0 Å². The van der Waals surface area contributed by atoms with E-state index in [2.05, 4.69) is 35.6 Å². The van der Waals surface area contributed by atoms with Crippen molar-refractivity contribution in [2.45, 2.75) is 37.8 Å². The van der Waals surface area contributed by atoms with Crippen molar-refractivity contribution in [2.24, 2.45) is 5.92 Å². The van der Waals surface area contributed by atoms with E-state index >= 15 is 0 Å². The highest BCUT2D eigenvalue weighted by atomic mass is 16.5. The predicted octanol–water partition coefficient (Wildman–Crippen LogP) is 4.41. The quantitative estimate of drug-likeness (QED) is 0.728. The maximum absolute atomic E-state index is 6.40. The standard InChI is InChI=1S/C20H25NO/c1-21-20(18-14-15-18,22-19-12-6-3-7-13-19)16-8-11-17-9-4-2-5-10-17/h2-7,9-10,12-13,18,21H,8,11,14-16H2,1H3. The Labute approximate surface area is 133 Å². The largest absolute Gasteiger partial charge is 0.473 e. The van der Waals surface area contributed by atoms with Crippen LogP contribution >= 0.6 is 0 Å². The van der Waals surface area contributed by atoms with Crippen molar-refractivity contribution in [3.05, 3.63) is 66.2 Å². The number of nitrogens with one attached hydrogen (secondary N) is 1. The Hall–Kier alpha value is -1.80. The summed E-state index contributed by atoms with van der Waals surface area (Å²) in [6.45, 7) is 0. The molecule has 0 aromatic heterocycles. The summed E-state index contributed by atoms with van der Waals surface area (Å²) < 4.78 is 6.40. The Morgan fingerprint density at radius 2 is 1.64 bits per heavy atom. The van der Waals surface area contributed by atoms with Gasteiger partial charge in [-0.3, -0.25) is 5.32 Å².